The van der Waals surface area contributed by atoms with Crippen LogP contribution in [0.5, 0.6) is 0 Å². The first-order valence-electron chi connectivity index (χ1n) is 9.27. The van der Waals surface area contributed by atoms with Crippen molar-refractivity contribution < 1.29 is 0 Å². The molecular weight excluding hydrogens is 358 g/mol. The van der Waals surface area contributed by atoms with Crippen molar-refractivity contribution in [3.63, 3.8) is 0 Å². The van der Waals surface area contributed by atoms with Crippen LogP contribution in [0.15, 0.2) is 30.0 Å². The number of hydrogen-bond acceptors (Lipinski definition) is 7. The van der Waals surface area contributed by atoms with E-state index in [1.807, 2.05) is 25.5 Å². The van der Waals surface area contributed by atoms with Gasteiger partial charge >= 0.3 is 0 Å². The fourth-order valence-electron chi connectivity index (χ4n) is 3.28. The van der Waals surface area contributed by atoms with E-state index in [0.29, 0.717) is 0 Å². The molecule has 0 aromatic carbocycles. The molecule has 3 N–H and O–H groups in total. The van der Waals surface area contributed by atoms with Crippen molar-refractivity contribution in [2.24, 2.45) is 0 Å². The van der Waals surface area contributed by atoms with Crippen molar-refractivity contribution in [1.29, 1.82) is 0 Å². The molecule has 3 aromatic rings. The third-order valence-electron chi connectivity index (χ3n) is 4.77. The van der Waals surface area contributed by atoms with Gasteiger partial charge < -0.3 is 10.7 Å². The molecule has 0 fully saturated rings. The molecule has 0 bridgehead atoms. The summed E-state index contributed by atoms with van der Waals surface area (Å²) < 4.78 is 2.11. The highest BCUT2D eigenvalue weighted by atomic mass is 32.1. The average molecular weight is 384 g/mol. The van der Waals surface area contributed by atoms with Gasteiger partial charge in [0, 0.05) is 31.1 Å². The summed E-state index contributed by atoms with van der Waals surface area (Å²) in [4.78, 5) is 11.7. The molecule has 0 spiro atoms. The zero-order valence-electron chi connectivity index (χ0n) is 15.9. The van der Waals surface area contributed by atoms with Gasteiger partial charge in [0.15, 0.2) is 11.5 Å². The molecule has 0 atom stereocenters. The number of imidazole rings is 1. The summed E-state index contributed by atoms with van der Waals surface area (Å²) in [7, 11) is 0. The van der Waals surface area contributed by atoms with Gasteiger partial charge in [0.05, 0.1) is 22.6 Å². The van der Waals surface area contributed by atoms with Crippen molar-refractivity contribution in [2.45, 2.75) is 27.3 Å². The van der Waals surface area contributed by atoms with E-state index in [1.54, 1.807) is 11.3 Å². The second-order valence-corrected chi connectivity index (χ2v) is 7.55. The maximum Gasteiger partial charge on any atom is 0.180 e. The minimum Gasteiger partial charge on any atom is -0.329 e. The second kappa shape index (κ2) is 7.67. The van der Waals surface area contributed by atoms with Crippen molar-refractivity contribution in [1.82, 2.24) is 30.1 Å². The zero-order valence-corrected chi connectivity index (χ0v) is 16.7. The molecule has 0 amide bonds. The van der Waals surface area contributed by atoms with Gasteiger partial charge in [-0.05, 0) is 37.0 Å². The summed E-state index contributed by atoms with van der Waals surface area (Å²) in [5.74, 6) is 0.789. The van der Waals surface area contributed by atoms with E-state index in [9.17, 15) is 0 Å². The lowest BCUT2D eigenvalue weighted by atomic mass is 10.2. The highest BCUT2D eigenvalue weighted by Crippen LogP contribution is 2.28. The van der Waals surface area contributed by atoms with Gasteiger partial charge in [0.2, 0.25) is 0 Å². The molecule has 27 heavy (non-hydrogen) atoms. The topological polar surface area (TPSA) is 69.5 Å². The highest BCUT2D eigenvalue weighted by Gasteiger charge is 2.16. The van der Waals surface area contributed by atoms with E-state index in [1.165, 1.54) is 11.1 Å². The van der Waals surface area contributed by atoms with Crippen molar-refractivity contribution in [3.05, 3.63) is 47.0 Å². The van der Waals surface area contributed by atoms with Crippen LogP contribution in [0.3, 0.4) is 0 Å². The van der Waals surface area contributed by atoms with Crippen molar-refractivity contribution >= 4 is 33.4 Å². The van der Waals surface area contributed by atoms with Gasteiger partial charge in [0.1, 0.15) is 0 Å². The summed E-state index contributed by atoms with van der Waals surface area (Å²) >= 11 is 1.71. The largest absolute Gasteiger partial charge is 0.329 e. The third-order valence-corrected chi connectivity index (χ3v) is 5.66. The van der Waals surface area contributed by atoms with Crippen LogP contribution in [0.25, 0.3) is 11.2 Å². The average Bonchev–Trinajstić information content (AvgIpc) is 3.40. The monoisotopic (exact) mass is 383 g/mol. The normalized spacial score (nSPS) is 14.0. The lowest BCUT2D eigenvalue weighted by Crippen LogP contribution is -2.21. The zero-order chi connectivity index (χ0) is 18.8. The highest BCUT2D eigenvalue weighted by molar-refractivity contribution is 7.14. The first-order chi connectivity index (χ1) is 13.2. The van der Waals surface area contributed by atoms with Crippen LogP contribution >= 0.6 is 11.3 Å². The number of hydrazine groups is 1. The molecule has 142 valence electrons. The van der Waals surface area contributed by atoms with E-state index >= 15 is 0 Å². The van der Waals surface area contributed by atoms with Gasteiger partial charge in [-0.2, -0.15) is 0 Å². The fourth-order valence-corrected chi connectivity index (χ4v) is 4.07. The Morgan fingerprint density at radius 2 is 2.19 bits per heavy atom. The Labute approximate surface area is 163 Å². The third kappa shape index (κ3) is 3.69. The van der Waals surface area contributed by atoms with Gasteiger partial charge in [0.25, 0.3) is 0 Å². The van der Waals surface area contributed by atoms with E-state index in [-0.39, 0.29) is 0 Å². The lowest BCUT2D eigenvalue weighted by molar-refractivity contribution is 0.296. The summed E-state index contributed by atoms with van der Waals surface area (Å²) in [5, 5.41) is 6.78. The Hall–Kier alpha value is -2.42. The van der Waals surface area contributed by atoms with Gasteiger partial charge in [-0.15, -0.1) is 11.3 Å². The number of rotatable bonds is 7. The molecule has 0 unspecified atom stereocenters. The number of fused-ring (bicyclic) bond motifs is 1. The van der Waals surface area contributed by atoms with Crippen molar-refractivity contribution in [3.8, 4) is 0 Å². The number of nitrogens with zero attached hydrogens (tertiary/aromatic N) is 4. The maximum atomic E-state index is 4.69. The molecule has 4 rings (SSSR count). The quantitative estimate of drug-likeness (QED) is 0.582. The molecule has 1 aliphatic rings. The molecule has 0 saturated carbocycles. The van der Waals surface area contributed by atoms with Crippen LogP contribution in [-0.2, 0) is 6.54 Å². The predicted octanol–water partition coefficient (Wildman–Crippen LogP) is 3.13. The van der Waals surface area contributed by atoms with E-state index in [4.69, 9.17) is 4.98 Å². The number of aryl methyl sites for hydroxylation is 1. The van der Waals surface area contributed by atoms with Gasteiger partial charge in [-0.25, -0.2) is 15.4 Å². The number of anilines is 2. The standard InChI is InChI=1S/C19H25N7S/c1-4-25(5-2)11-14-6-17(27-12-14)24-18-19-20-9-16(15-7-21-22-8-15)26(19)10-13(3)23-18/h6-7,9-10,12,21-22H,4-5,8,11H2,1-3H3,(H,23,24). The summed E-state index contributed by atoms with van der Waals surface area (Å²) in [5.41, 5.74) is 11.5. The summed E-state index contributed by atoms with van der Waals surface area (Å²) in [6.45, 7) is 10.3. The van der Waals surface area contributed by atoms with Crippen molar-refractivity contribution in [2.75, 3.05) is 25.0 Å². The maximum absolute atomic E-state index is 4.69. The van der Waals surface area contributed by atoms with Crippen LogP contribution in [0, 0.1) is 6.92 Å². The lowest BCUT2D eigenvalue weighted by Gasteiger charge is -2.16. The van der Waals surface area contributed by atoms with Crippen LogP contribution in [0.1, 0.15) is 30.8 Å². The minimum absolute atomic E-state index is 0.775. The van der Waals surface area contributed by atoms with Gasteiger partial charge in [-0.3, -0.25) is 9.30 Å². The molecule has 3 aromatic heterocycles. The van der Waals surface area contributed by atoms with Crippen LogP contribution in [0.2, 0.25) is 0 Å². The predicted molar refractivity (Wildman–Crippen MR) is 111 cm³/mol. The smallest absolute Gasteiger partial charge is 0.180 e. The number of aromatic nitrogens is 3. The van der Waals surface area contributed by atoms with Gasteiger partial charge in [-0.1, -0.05) is 13.8 Å². The molecule has 7 nitrogen and oxygen atoms in total. The molecule has 0 aliphatic carbocycles. The SMILES string of the molecule is CCN(CC)Cc1csc(Nc2nc(C)cn3c(C4=CNNC4)cnc23)c1. The van der Waals surface area contributed by atoms with E-state index in [0.717, 1.165) is 54.0 Å². The molecule has 4 heterocycles. The number of hydrogen-bond donors (Lipinski definition) is 3. The Morgan fingerprint density at radius 1 is 1.33 bits per heavy atom. The van der Waals surface area contributed by atoms with Crippen LogP contribution in [-0.4, -0.2) is 38.9 Å². The Kier molecular flexibility index (Phi) is 5.11. The molecule has 0 radical (unpaired) electrons. The second-order valence-electron chi connectivity index (χ2n) is 6.64. The first kappa shape index (κ1) is 18.0. The number of nitrogens with one attached hydrogen (secondary N) is 3. The Morgan fingerprint density at radius 3 is 2.93 bits per heavy atom. The molecule has 1 aliphatic heterocycles. The minimum atomic E-state index is 0.775. The van der Waals surface area contributed by atoms with E-state index < -0.39 is 0 Å². The fraction of sp³-hybridized carbons (Fsp3) is 0.368. The van der Waals surface area contributed by atoms with E-state index in [2.05, 4.69) is 55.7 Å². The molecule has 0 saturated heterocycles. The Bertz CT molecular complexity index is 968. The molecule has 8 heteroatoms. The Balaban J connectivity index is 1.62. The first-order valence-corrected chi connectivity index (χ1v) is 10.1. The molecular formula is C19H25N7S. The number of thiophene rings is 1. The van der Waals surface area contributed by atoms with Crippen LogP contribution in [0.4, 0.5) is 10.8 Å². The summed E-state index contributed by atoms with van der Waals surface area (Å²) in [6, 6.07) is 2.21. The van der Waals surface area contributed by atoms with Crippen LogP contribution < -0.4 is 16.2 Å². The summed E-state index contributed by atoms with van der Waals surface area (Å²) in [6.07, 6.45) is 5.91.